The molecule has 0 saturated heterocycles. The number of rotatable bonds is 8. The second kappa shape index (κ2) is 8.61. The van der Waals surface area contributed by atoms with E-state index in [1.807, 2.05) is 0 Å². The Kier molecular flexibility index (Phi) is 6.26. The van der Waals surface area contributed by atoms with Gasteiger partial charge in [0.2, 0.25) is 0 Å². The molecule has 0 aliphatic rings. The summed E-state index contributed by atoms with van der Waals surface area (Å²) in [6, 6.07) is 10.6. The van der Waals surface area contributed by atoms with Gasteiger partial charge in [0, 0.05) is 19.0 Å². The first kappa shape index (κ1) is 18.9. The molecule has 0 fully saturated rings. The van der Waals surface area contributed by atoms with E-state index >= 15 is 0 Å². The van der Waals surface area contributed by atoms with Crippen molar-refractivity contribution in [3.8, 4) is 11.5 Å². The largest absolute Gasteiger partial charge is 0.497 e. The van der Waals surface area contributed by atoms with Crippen molar-refractivity contribution in [1.82, 2.24) is 5.32 Å². The van der Waals surface area contributed by atoms with Crippen molar-refractivity contribution in [2.45, 2.75) is 6.42 Å². The van der Waals surface area contributed by atoms with Crippen molar-refractivity contribution in [3.05, 3.63) is 63.7 Å². The number of para-hydroxylation sites is 1. The lowest BCUT2D eigenvalue weighted by atomic mass is 10.1. The number of nitrogens with one attached hydrogen (secondary N) is 1. The molecule has 2 aromatic rings. The molecule has 8 nitrogen and oxygen atoms in total. The Morgan fingerprint density at radius 1 is 1.08 bits per heavy atom. The molecule has 0 aliphatic heterocycles. The Labute approximate surface area is 149 Å². The van der Waals surface area contributed by atoms with Crippen LogP contribution in [-0.4, -0.2) is 37.4 Å². The van der Waals surface area contributed by atoms with Gasteiger partial charge in [0.15, 0.2) is 5.78 Å². The molecule has 0 unspecified atom stereocenters. The number of ether oxygens (including phenoxy) is 2. The van der Waals surface area contributed by atoms with Crippen LogP contribution in [0.3, 0.4) is 0 Å². The molecule has 26 heavy (non-hydrogen) atoms. The van der Waals surface area contributed by atoms with E-state index in [0.29, 0.717) is 17.1 Å². The lowest BCUT2D eigenvalue weighted by Crippen LogP contribution is -2.26. The zero-order valence-electron chi connectivity index (χ0n) is 14.4. The van der Waals surface area contributed by atoms with Crippen LogP contribution in [0.5, 0.6) is 11.5 Å². The van der Waals surface area contributed by atoms with Gasteiger partial charge < -0.3 is 14.8 Å². The van der Waals surface area contributed by atoms with E-state index in [1.54, 1.807) is 24.3 Å². The van der Waals surface area contributed by atoms with Crippen LogP contribution in [0.1, 0.15) is 27.1 Å². The third kappa shape index (κ3) is 4.35. The van der Waals surface area contributed by atoms with Crippen molar-refractivity contribution in [1.29, 1.82) is 0 Å². The van der Waals surface area contributed by atoms with E-state index in [4.69, 9.17) is 9.47 Å². The van der Waals surface area contributed by atoms with Crippen LogP contribution in [-0.2, 0) is 0 Å². The van der Waals surface area contributed by atoms with Crippen molar-refractivity contribution >= 4 is 17.4 Å². The molecular formula is C18H18N2O6. The van der Waals surface area contributed by atoms with Crippen molar-refractivity contribution in [2.75, 3.05) is 20.8 Å². The minimum Gasteiger partial charge on any atom is -0.497 e. The Balaban J connectivity index is 2.05. The van der Waals surface area contributed by atoms with Crippen LogP contribution in [0.2, 0.25) is 0 Å². The summed E-state index contributed by atoms with van der Waals surface area (Å²) in [7, 11) is 2.86. The molecule has 0 bridgehead atoms. The number of ketones is 1. The molecule has 0 aromatic heterocycles. The van der Waals surface area contributed by atoms with Crippen molar-refractivity contribution in [3.63, 3.8) is 0 Å². The number of nitro benzene ring substituents is 1. The monoisotopic (exact) mass is 358 g/mol. The van der Waals surface area contributed by atoms with Gasteiger partial charge in [0.05, 0.1) is 30.3 Å². The zero-order valence-corrected chi connectivity index (χ0v) is 14.4. The van der Waals surface area contributed by atoms with Gasteiger partial charge >= 0.3 is 0 Å². The fourth-order valence-corrected chi connectivity index (χ4v) is 2.38. The average Bonchev–Trinajstić information content (AvgIpc) is 2.66. The quantitative estimate of drug-likeness (QED) is 0.441. The van der Waals surface area contributed by atoms with Gasteiger partial charge in [-0.05, 0) is 24.3 Å². The van der Waals surface area contributed by atoms with Crippen LogP contribution in [0.25, 0.3) is 0 Å². The number of hydrogen-bond acceptors (Lipinski definition) is 6. The number of amides is 1. The number of carbonyl (C=O) groups excluding carboxylic acids is 2. The number of nitrogens with zero attached hydrogens (tertiary/aromatic N) is 1. The number of benzene rings is 2. The van der Waals surface area contributed by atoms with Gasteiger partial charge in [-0.2, -0.15) is 0 Å². The van der Waals surface area contributed by atoms with E-state index in [0.717, 1.165) is 0 Å². The van der Waals surface area contributed by atoms with Gasteiger partial charge in [0.25, 0.3) is 11.6 Å². The summed E-state index contributed by atoms with van der Waals surface area (Å²) in [4.78, 5) is 35.0. The van der Waals surface area contributed by atoms with E-state index in [-0.39, 0.29) is 24.2 Å². The van der Waals surface area contributed by atoms with Gasteiger partial charge in [0.1, 0.15) is 11.5 Å². The predicted octanol–water partition coefficient (Wildman–Crippen LogP) is 2.61. The van der Waals surface area contributed by atoms with Crippen LogP contribution in [0.4, 0.5) is 5.69 Å². The molecular weight excluding hydrogens is 340 g/mol. The molecule has 8 heteroatoms. The van der Waals surface area contributed by atoms with Gasteiger partial charge in [-0.15, -0.1) is 0 Å². The predicted molar refractivity (Wildman–Crippen MR) is 93.9 cm³/mol. The van der Waals surface area contributed by atoms with Gasteiger partial charge in [-0.25, -0.2) is 0 Å². The molecule has 1 amide bonds. The number of nitro groups is 1. The highest BCUT2D eigenvalue weighted by atomic mass is 16.6. The molecule has 1 N–H and O–H groups in total. The molecule has 0 saturated carbocycles. The number of methoxy groups -OCH3 is 2. The van der Waals surface area contributed by atoms with E-state index in [9.17, 15) is 19.7 Å². The first-order chi connectivity index (χ1) is 12.5. The Morgan fingerprint density at radius 3 is 2.46 bits per heavy atom. The second-order valence-corrected chi connectivity index (χ2v) is 5.27. The second-order valence-electron chi connectivity index (χ2n) is 5.27. The Bertz CT molecular complexity index is 834. The first-order valence-corrected chi connectivity index (χ1v) is 7.74. The standard InChI is InChI=1S/C18H18N2O6/c1-25-12-7-8-15(20(23)24)14(11-12)16(21)9-10-19-18(22)13-5-3-4-6-17(13)26-2/h3-8,11H,9-10H2,1-2H3,(H,19,22). The molecule has 2 rings (SSSR count). The van der Waals surface area contributed by atoms with E-state index < -0.39 is 16.6 Å². The fourth-order valence-electron chi connectivity index (χ4n) is 2.38. The fraction of sp³-hybridized carbons (Fsp3) is 0.222. The molecule has 136 valence electrons. The SMILES string of the molecule is COc1ccc([N+](=O)[O-])c(C(=O)CCNC(=O)c2ccccc2OC)c1. The van der Waals surface area contributed by atoms with Crippen molar-refractivity contribution < 1.29 is 24.0 Å². The normalized spacial score (nSPS) is 10.1. The lowest BCUT2D eigenvalue weighted by molar-refractivity contribution is -0.385. The maximum Gasteiger partial charge on any atom is 0.280 e. The number of carbonyl (C=O) groups is 2. The maximum atomic E-state index is 12.3. The third-order valence-corrected chi connectivity index (χ3v) is 3.69. The van der Waals surface area contributed by atoms with Crippen LogP contribution in [0.15, 0.2) is 42.5 Å². The minimum absolute atomic E-state index is 0.0318. The topological polar surface area (TPSA) is 108 Å². The van der Waals surface area contributed by atoms with E-state index in [1.165, 1.54) is 32.4 Å². The third-order valence-electron chi connectivity index (χ3n) is 3.69. The molecule has 0 atom stereocenters. The highest BCUT2D eigenvalue weighted by Crippen LogP contribution is 2.25. The zero-order chi connectivity index (χ0) is 19.1. The minimum atomic E-state index is -0.625. The Hall–Kier alpha value is -3.42. The molecule has 2 aromatic carbocycles. The highest BCUT2D eigenvalue weighted by molar-refractivity contribution is 6.01. The van der Waals surface area contributed by atoms with Crippen LogP contribution in [0, 0.1) is 10.1 Å². The summed E-state index contributed by atoms with van der Waals surface area (Å²) >= 11 is 0. The smallest absolute Gasteiger partial charge is 0.280 e. The molecule has 0 spiro atoms. The first-order valence-electron chi connectivity index (χ1n) is 7.74. The summed E-state index contributed by atoms with van der Waals surface area (Å²) in [5.41, 5.74) is -0.0115. The van der Waals surface area contributed by atoms with Crippen LogP contribution >= 0.6 is 0 Å². The summed E-state index contributed by atoms with van der Waals surface area (Å²) in [6.07, 6.45) is -0.0884. The molecule has 0 heterocycles. The number of Topliss-reactive ketones (excluding diaryl/α,β-unsaturated/α-hetero) is 1. The summed E-state index contributed by atoms with van der Waals surface area (Å²) in [5.74, 6) is -0.0944. The molecule has 0 radical (unpaired) electrons. The summed E-state index contributed by atoms with van der Waals surface area (Å²) < 4.78 is 10.1. The van der Waals surface area contributed by atoms with Crippen LogP contribution < -0.4 is 14.8 Å². The van der Waals surface area contributed by atoms with Gasteiger partial charge in [-0.1, -0.05) is 12.1 Å². The highest BCUT2D eigenvalue weighted by Gasteiger charge is 2.21. The Morgan fingerprint density at radius 2 is 1.81 bits per heavy atom. The molecule has 0 aliphatic carbocycles. The summed E-state index contributed by atoms with van der Waals surface area (Å²) in [6.45, 7) is 0.0318. The van der Waals surface area contributed by atoms with Crippen molar-refractivity contribution in [2.24, 2.45) is 0 Å². The maximum absolute atomic E-state index is 12.3. The average molecular weight is 358 g/mol. The number of hydrogen-bond donors (Lipinski definition) is 1. The van der Waals surface area contributed by atoms with E-state index in [2.05, 4.69) is 5.32 Å². The van der Waals surface area contributed by atoms with Gasteiger partial charge in [-0.3, -0.25) is 19.7 Å². The summed E-state index contributed by atoms with van der Waals surface area (Å²) in [5, 5.41) is 13.7. The lowest BCUT2D eigenvalue weighted by Gasteiger charge is -2.09.